The molecule has 0 unspecified atom stereocenters. The molecule has 0 atom stereocenters. The molecule has 2 bridgehead atoms. The number of aromatic amines is 1. The average Bonchev–Trinajstić information content (AvgIpc) is 3.54. The number of H-pyrrole nitrogens is 1. The normalized spacial score (nSPS) is 21.2. The maximum Gasteiger partial charge on any atom is 0.256 e. The van der Waals surface area contributed by atoms with Crippen LogP contribution in [0.3, 0.4) is 0 Å². The highest BCUT2D eigenvalue weighted by Gasteiger charge is 2.56. The number of aromatic nitrogens is 1. The molecule has 3 aliphatic rings. The second-order valence-electron chi connectivity index (χ2n) is 9.09. The third kappa shape index (κ3) is 3.52. The third-order valence-corrected chi connectivity index (χ3v) is 6.86. The number of aliphatic hydroxyl groups is 1. The molecule has 1 aromatic carbocycles. The van der Waals surface area contributed by atoms with E-state index in [-0.39, 0.29) is 46.3 Å². The van der Waals surface area contributed by atoms with Gasteiger partial charge >= 0.3 is 0 Å². The molecule has 4 N–H and O–H groups in total. The lowest BCUT2D eigenvalue weighted by Gasteiger charge is -2.31. The first-order chi connectivity index (χ1) is 16.7. The van der Waals surface area contributed by atoms with Gasteiger partial charge in [0.25, 0.3) is 11.8 Å². The first kappa shape index (κ1) is 22.9. The molecule has 10 heteroatoms. The fourth-order valence-corrected chi connectivity index (χ4v) is 5.06. The van der Waals surface area contributed by atoms with Crippen LogP contribution >= 0.6 is 0 Å². The van der Waals surface area contributed by atoms with E-state index in [1.807, 2.05) is 0 Å². The van der Waals surface area contributed by atoms with Gasteiger partial charge in [-0.15, -0.1) is 0 Å². The summed E-state index contributed by atoms with van der Waals surface area (Å²) >= 11 is 0. The number of carbonyl (C=O) groups excluding carboxylic acids is 2. The number of hydrogen-bond donors (Lipinski definition) is 4. The number of ether oxygens (including phenoxy) is 1. The minimum absolute atomic E-state index is 0.0374. The van der Waals surface area contributed by atoms with Crippen LogP contribution in [0, 0.1) is 25.1 Å². The summed E-state index contributed by atoms with van der Waals surface area (Å²) in [6.45, 7) is 3.62. The molecule has 6 rings (SSSR count). The van der Waals surface area contributed by atoms with E-state index >= 15 is 4.39 Å². The fraction of sp³-hybridized carbons (Fsp3) is 0.320. The van der Waals surface area contributed by atoms with Gasteiger partial charge in [0, 0.05) is 37.0 Å². The van der Waals surface area contributed by atoms with Crippen molar-refractivity contribution in [3.8, 4) is 5.75 Å². The van der Waals surface area contributed by atoms with Gasteiger partial charge in [-0.3, -0.25) is 9.59 Å². The molecule has 2 amide bonds. The summed E-state index contributed by atoms with van der Waals surface area (Å²) in [6, 6.07) is 2.96. The van der Waals surface area contributed by atoms with E-state index in [1.165, 1.54) is 25.3 Å². The summed E-state index contributed by atoms with van der Waals surface area (Å²) in [5, 5.41) is 20.6. The molecule has 3 aromatic rings. The van der Waals surface area contributed by atoms with Crippen molar-refractivity contribution in [2.45, 2.75) is 38.3 Å². The molecule has 2 saturated heterocycles. The van der Waals surface area contributed by atoms with Gasteiger partial charge in [-0.25, -0.2) is 0 Å². The SMILES string of the molecule is CNC(=O)c1c(C)oc2c(F)c(O/C(=C/C=N)c3[nH]cc(C(=O)N4CC5(O)CC4C5)c3C)ccc12. The number of nitrogens with one attached hydrogen (secondary N) is 3. The summed E-state index contributed by atoms with van der Waals surface area (Å²) in [6.07, 6.45) is 5.08. The van der Waals surface area contributed by atoms with Gasteiger partial charge in [-0.2, -0.15) is 4.39 Å². The fourth-order valence-electron chi connectivity index (χ4n) is 5.06. The molecule has 1 aliphatic carbocycles. The molecule has 9 nitrogen and oxygen atoms in total. The zero-order chi connectivity index (χ0) is 25.1. The van der Waals surface area contributed by atoms with Crippen molar-refractivity contribution in [2.75, 3.05) is 13.6 Å². The van der Waals surface area contributed by atoms with E-state index in [0.717, 1.165) is 6.21 Å². The van der Waals surface area contributed by atoms with Crippen LogP contribution < -0.4 is 10.1 Å². The lowest BCUT2D eigenvalue weighted by Crippen LogP contribution is -2.40. The van der Waals surface area contributed by atoms with E-state index in [0.29, 0.717) is 41.6 Å². The Morgan fingerprint density at radius 1 is 1.37 bits per heavy atom. The largest absolute Gasteiger partial charge is 0.457 e. The van der Waals surface area contributed by atoms with Gasteiger partial charge in [-0.1, -0.05) is 0 Å². The Labute approximate surface area is 200 Å². The summed E-state index contributed by atoms with van der Waals surface area (Å²) in [7, 11) is 1.48. The molecule has 182 valence electrons. The highest BCUT2D eigenvalue weighted by Crippen LogP contribution is 2.45. The number of furan rings is 1. The van der Waals surface area contributed by atoms with Crippen molar-refractivity contribution in [1.82, 2.24) is 15.2 Å². The van der Waals surface area contributed by atoms with Crippen molar-refractivity contribution in [1.29, 1.82) is 5.41 Å². The number of rotatable bonds is 6. The highest BCUT2D eigenvalue weighted by atomic mass is 19.1. The van der Waals surface area contributed by atoms with Gasteiger partial charge < -0.3 is 34.9 Å². The number of nitrogens with zero attached hydrogens (tertiary/aromatic N) is 1. The monoisotopic (exact) mass is 480 g/mol. The Bertz CT molecular complexity index is 1410. The second-order valence-corrected chi connectivity index (χ2v) is 9.09. The molecule has 1 saturated carbocycles. The number of amides is 2. The van der Waals surface area contributed by atoms with E-state index in [1.54, 1.807) is 24.9 Å². The Morgan fingerprint density at radius 2 is 2.11 bits per heavy atom. The number of allylic oxidation sites excluding steroid dienone is 1. The molecule has 35 heavy (non-hydrogen) atoms. The second kappa shape index (κ2) is 8.09. The van der Waals surface area contributed by atoms with E-state index in [4.69, 9.17) is 14.6 Å². The van der Waals surface area contributed by atoms with Crippen LogP contribution in [0.1, 0.15) is 50.6 Å². The summed E-state index contributed by atoms with van der Waals surface area (Å²) in [4.78, 5) is 30.0. The minimum Gasteiger partial charge on any atom is -0.457 e. The Balaban J connectivity index is 1.46. The molecule has 4 heterocycles. The van der Waals surface area contributed by atoms with Crippen LogP contribution in [-0.2, 0) is 0 Å². The molecular weight excluding hydrogens is 455 g/mol. The Hall–Kier alpha value is -3.92. The summed E-state index contributed by atoms with van der Waals surface area (Å²) in [5.41, 5.74) is 0.775. The Morgan fingerprint density at radius 3 is 2.74 bits per heavy atom. The van der Waals surface area contributed by atoms with Gasteiger partial charge in [0.05, 0.1) is 29.0 Å². The zero-order valence-corrected chi connectivity index (χ0v) is 19.5. The van der Waals surface area contributed by atoms with E-state index in [9.17, 15) is 14.7 Å². The van der Waals surface area contributed by atoms with Crippen LogP contribution in [0.25, 0.3) is 16.7 Å². The first-order valence-corrected chi connectivity index (χ1v) is 11.2. The van der Waals surface area contributed by atoms with Crippen LogP contribution in [0.2, 0.25) is 0 Å². The zero-order valence-electron chi connectivity index (χ0n) is 19.5. The molecule has 0 radical (unpaired) electrons. The maximum atomic E-state index is 15.3. The lowest BCUT2D eigenvalue weighted by molar-refractivity contribution is 0.00705. The highest BCUT2D eigenvalue weighted by molar-refractivity contribution is 6.07. The number of hydrogen-bond acceptors (Lipinski definition) is 6. The van der Waals surface area contributed by atoms with Crippen molar-refractivity contribution in [3.63, 3.8) is 0 Å². The Kier molecular flexibility index (Phi) is 5.28. The van der Waals surface area contributed by atoms with Crippen LogP contribution in [-0.4, -0.2) is 58.3 Å². The number of halogens is 1. The van der Waals surface area contributed by atoms with Crippen LogP contribution in [0.5, 0.6) is 5.75 Å². The van der Waals surface area contributed by atoms with Crippen LogP contribution in [0.4, 0.5) is 4.39 Å². The number of carbonyl (C=O) groups is 2. The van der Waals surface area contributed by atoms with Crippen LogP contribution in [0.15, 0.2) is 28.8 Å². The smallest absolute Gasteiger partial charge is 0.256 e. The molecule has 0 spiro atoms. The number of aryl methyl sites for hydroxylation is 1. The molecular formula is C25H25FN4O5. The third-order valence-electron chi connectivity index (χ3n) is 6.86. The van der Waals surface area contributed by atoms with Crippen molar-refractivity contribution < 1.29 is 28.2 Å². The topological polar surface area (TPSA) is 132 Å². The van der Waals surface area contributed by atoms with Gasteiger partial charge in [0.2, 0.25) is 5.82 Å². The molecule has 2 aliphatic heterocycles. The average molecular weight is 480 g/mol. The lowest BCUT2D eigenvalue weighted by atomic mass is 9.81. The predicted molar refractivity (Wildman–Crippen MR) is 126 cm³/mol. The van der Waals surface area contributed by atoms with Gasteiger partial charge in [-0.05, 0) is 44.4 Å². The van der Waals surface area contributed by atoms with E-state index in [2.05, 4.69) is 10.3 Å². The van der Waals surface area contributed by atoms with E-state index < -0.39 is 11.4 Å². The first-order valence-electron chi connectivity index (χ1n) is 11.2. The van der Waals surface area contributed by atoms with Gasteiger partial charge in [0.15, 0.2) is 17.1 Å². The predicted octanol–water partition coefficient (Wildman–Crippen LogP) is 3.30. The van der Waals surface area contributed by atoms with Crippen molar-refractivity contribution in [3.05, 3.63) is 58.4 Å². The van der Waals surface area contributed by atoms with Gasteiger partial charge in [0.1, 0.15) is 5.76 Å². The molecule has 2 aromatic heterocycles. The quantitative estimate of drug-likeness (QED) is 0.318. The number of benzene rings is 1. The minimum atomic E-state index is -0.790. The van der Waals surface area contributed by atoms with Crippen molar-refractivity contribution in [2.24, 2.45) is 0 Å². The number of fused-ring (bicyclic) bond motifs is 2. The standard InChI is InChI=1S/C25H25FN4O5/c1-12-16(24(32)30-11-25(33)8-14(30)9-25)10-29-21(12)18(6-7-27)35-17-5-4-15-19(23(31)28-3)13(2)34-22(15)20(17)26/h4-7,10,14,27,29,33H,8-9,11H2,1-3H3,(H,28,31)/b18-6+,27-7?. The molecule has 3 fully saturated rings. The van der Waals surface area contributed by atoms with Crippen molar-refractivity contribution >= 4 is 34.8 Å². The summed E-state index contributed by atoms with van der Waals surface area (Å²) in [5.74, 6) is -1.12. The maximum absolute atomic E-state index is 15.3. The summed E-state index contributed by atoms with van der Waals surface area (Å²) < 4.78 is 26.7.